The van der Waals surface area contributed by atoms with E-state index in [9.17, 15) is 4.79 Å². The Labute approximate surface area is 88.4 Å². The molecule has 0 aliphatic heterocycles. The largest absolute Gasteiger partial charge is 0.477 e. The van der Waals surface area contributed by atoms with Gasteiger partial charge in [0.1, 0.15) is 0 Å². The first kappa shape index (κ1) is 11.4. The van der Waals surface area contributed by atoms with Crippen LogP contribution in [0.1, 0.15) is 30.3 Å². The van der Waals surface area contributed by atoms with Crippen molar-refractivity contribution in [2.24, 2.45) is 0 Å². The molecule has 5 heteroatoms. The van der Waals surface area contributed by atoms with Crippen molar-refractivity contribution in [2.45, 2.75) is 19.8 Å². The first-order valence-corrected chi connectivity index (χ1v) is 4.81. The first-order chi connectivity index (χ1) is 7.27. The second-order valence-corrected chi connectivity index (χ2v) is 2.93. The van der Waals surface area contributed by atoms with Gasteiger partial charge in [-0.3, -0.25) is 0 Å². The van der Waals surface area contributed by atoms with E-state index in [0.717, 1.165) is 12.8 Å². The lowest BCUT2D eigenvalue weighted by Crippen LogP contribution is -2.06. The Morgan fingerprint density at radius 2 is 2.20 bits per heavy atom. The molecule has 0 atom stereocenters. The second-order valence-electron chi connectivity index (χ2n) is 2.93. The maximum Gasteiger partial charge on any atom is 0.358 e. The fraction of sp³-hybridized carbons (Fsp3) is 0.500. The van der Waals surface area contributed by atoms with Crippen molar-refractivity contribution in [1.29, 1.82) is 0 Å². The van der Waals surface area contributed by atoms with Gasteiger partial charge in [-0.15, -0.1) is 0 Å². The molecule has 5 nitrogen and oxygen atoms in total. The number of hydrogen-bond donors (Lipinski definition) is 0. The predicted molar refractivity (Wildman–Crippen MR) is 53.8 cm³/mol. The molecule has 1 aromatic rings. The predicted octanol–water partition coefficient (Wildman–Crippen LogP) is 1.44. The van der Waals surface area contributed by atoms with Crippen LogP contribution in [0, 0.1) is 0 Å². The number of nitrogens with zero attached hydrogens (tertiary/aromatic N) is 2. The molecule has 0 aliphatic carbocycles. The van der Waals surface area contributed by atoms with Gasteiger partial charge in [0.15, 0.2) is 5.69 Å². The third-order valence-corrected chi connectivity index (χ3v) is 1.77. The van der Waals surface area contributed by atoms with Crippen LogP contribution < -0.4 is 4.74 Å². The molecule has 0 radical (unpaired) electrons. The molecule has 0 aromatic carbocycles. The standard InChI is InChI=1S/C10H14N2O3/c1-3-4-5-15-9-7-11-8(6-12-9)10(13)14-2/h6-7H,3-5H2,1-2H3. The lowest BCUT2D eigenvalue weighted by molar-refractivity contribution is 0.0593. The molecule has 0 amide bonds. The number of methoxy groups -OCH3 is 1. The highest BCUT2D eigenvalue weighted by Gasteiger charge is 2.07. The number of ether oxygens (including phenoxy) is 2. The maximum absolute atomic E-state index is 11.0. The van der Waals surface area contributed by atoms with Crippen LogP contribution in [-0.2, 0) is 4.74 Å². The van der Waals surface area contributed by atoms with Gasteiger partial charge in [-0.1, -0.05) is 13.3 Å². The molecule has 1 heterocycles. The average molecular weight is 210 g/mol. The summed E-state index contributed by atoms with van der Waals surface area (Å²) in [7, 11) is 1.30. The highest BCUT2D eigenvalue weighted by molar-refractivity contribution is 5.86. The van der Waals surface area contributed by atoms with Crippen molar-refractivity contribution < 1.29 is 14.3 Å². The zero-order valence-corrected chi connectivity index (χ0v) is 8.90. The Morgan fingerprint density at radius 1 is 1.40 bits per heavy atom. The minimum absolute atomic E-state index is 0.181. The van der Waals surface area contributed by atoms with Crippen molar-refractivity contribution in [2.75, 3.05) is 13.7 Å². The van der Waals surface area contributed by atoms with Crippen LogP contribution in [0.3, 0.4) is 0 Å². The number of carbonyl (C=O) groups excluding carboxylic acids is 1. The second kappa shape index (κ2) is 5.95. The molecule has 0 saturated heterocycles. The molecule has 0 aliphatic rings. The molecule has 0 unspecified atom stereocenters. The zero-order valence-electron chi connectivity index (χ0n) is 8.90. The fourth-order valence-corrected chi connectivity index (χ4v) is 0.922. The van der Waals surface area contributed by atoms with E-state index in [1.165, 1.54) is 19.5 Å². The monoisotopic (exact) mass is 210 g/mol. The summed E-state index contributed by atoms with van der Waals surface area (Å²) in [6.07, 6.45) is 4.79. The van der Waals surface area contributed by atoms with E-state index in [4.69, 9.17) is 4.74 Å². The van der Waals surface area contributed by atoms with Crippen LogP contribution in [0.4, 0.5) is 0 Å². The Morgan fingerprint density at radius 3 is 2.73 bits per heavy atom. The molecule has 15 heavy (non-hydrogen) atoms. The number of hydrogen-bond acceptors (Lipinski definition) is 5. The van der Waals surface area contributed by atoms with Gasteiger partial charge < -0.3 is 9.47 Å². The summed E-state index contributed by atoms with van der Waals surface area (Å²) in [5.74, 6) is -0.0706. The molecule has 0 spiro atoms. The fourth-order valence-electron chi connectivity index (χ4n) is 0.922. The van der Waals surface area contributed by atoms with Crippen molar-refractivity contribution in [3.8, 4) is 5.88 Å². The van der Waals surface area contributed by atoms with Crippen molar-refractivity contribution in [1.82, 2.24) is 9.97 Å². The topological polar surface area (TPSA) is 61.3 Å². The smallest absolute Gasteiger partial charge is 0.358 e. The molecule has 0 fully saturated rings. The number of rotatable bonds is 5. The molecule has 1 rings (SSSR count). The van der Waals surface area contributed by atoms with Crippen molar-refractivity contribution in [3.05, 3.63) is 18.1 Å². The summed E-state index contributed by atoms with van der Waals surface area (Å²) >= 11 is 0. The number of unbranched alkanes of at least 4 members (excludes halogenated alkanes) is 1. The first-order valence-electron chi connectivity index (χ1n) is 4.81. The molecule has 82 valence electrons. The van der Waals surface area contributed by atoms with Crippen LogP contribution in [0.15, 0.2) is 12.4 Å². The van der Waals surface area contributed by atoms with E-state index >= 15 is 0 Å². The number of esters is 1. The highest BCUT2D eigenvalue weighted by Crippen LogP contribution is 2.05. The number of aromatic nitrogens is 2. The van der Waals surface area contributed by atoms with Gasteiger partial charge in [0.05, 0.1) is 26.1 Å². The summed E-state index contributed by atoms with van der Waals surface area (Å²) in [5, 5.41) is 0. The molecular formula is C10H14N2O3. The Bertz CT molecular complexity index is 311. The quantitative estimate of drug-likeness (QED) is 0.543. The number of carbonyl (C=O) groups is 1. The van der Waals surface area contributed by atoms with Gasteiger partial charge in [0, 0.05) is 0 Å². The minimum atomic E-state index is -0.498. The summed E-state index contributed by atoms with van der Waals surface area (Å²) in [6, 6.07) is 0. The van der Waals surface area contributed by atoms with E-state index in [0.29, 0.717) is 12.5 Å². The average Bonchev–Trinajstić information content (AvgIpc) is 2.29. The molecule has 0 saturated carbocycles. The van der Waals surface area contributed by atoms with Crippen LogP contribution >= 0.6 is 0 Å². The molecule has 0 bridgehead atoms. The molecule has 1 aromatic heterocycles. The Hall–Kier alpha value is -1.65. The lowest BCUT2D eigenvalue weighted by Gasteiger charge is -2.03. The van der Waals surface area contributed by atoms with Crippen molar-refractivity contribution >= 4 is 5.97 Å². The highest BCUT2D eigenvalue weighted by atomic mass is 16.5. The van der Waals surface area contributed by atoms with E-state index in [-0.39, 0.29) is 5.69 Å². The summed E-state index contributed by atoms with van der Waals surface area (Å²) in [4.78, 5) is 18.8. The summed E-state index contributed by atoms with van der Waals surface area (Å²) < 4.78 is 9.78. The zero-order chi connectivity index (χ0) is 11.1. The molecule has 0 N–H and O–H groups in total. The lowest BCUT2D eigenvalue weighted by atomic mass is 10.4. The third-order valence-electron chi connectivity index (χ3n) is 1.77. The van der Waals surface area contributed by atoms with Crippen molar-refractivity contribution in [3.63, 3.8) is 0 Å². The van der Waals surface area contributed by atoms with Gasteiger partial charge in [-0.05, 0) is 6.42 Å². The van der Waals surface area contributed by atoms with Crippen LogP contribution in [0.25, 0.3) is 0 Å². The maximum atomic E-state index is 11.0. The van der Waals surface area contributed by atoms with E-state index in [2.05, 4.69) is 21.6 Å². The van der Waals surface area contributed by atoms with Gasteiger partial charge in [0.25, 0.3) is 0 Å². The summed E-state index contributed by atoms with van der Waals surface area (Å²) in [6.45, 7) is 2.69. The van der Waals surface area contributed by atoms with Crippen LogP contribution in [0.5, 0.6) is 5.88 Å². The van der Waals surface area contributed by atoms with Crippen LogP contribution in [0.2, 0.25) is 0 Å². The Kier molecular flexibility index (Phi) is 4.53. The van der Waals surface area contributed by atoms with E-state index < -0.39 is 5.97 Å². The SMILES string of the molecule is CCCCOc1cnc(C(=O)OC)cn1. The van der Waals surface area contributed by atoms with Gasteiger partial charge in [0.2, 0.25) is 5.88 Å². The normalized spacial score (nSPS) is 9.73. The van der Waals surface area contributed by atoms with Gasteiger partial charge >= 0.3 is 5.97 Å². The van der Waals surface area contributed by atoms with Gasteiger partial charge in [-0.2, -0.15) is 0 Å². The van der Waals surface area contributed by atoms with E-state index in [1.54, 1.807) is 0 Å². The third kappa shape index (κ3) is 3.53. The van der Waals surface area contributed by atoms with Crippen LogP contribution in [-0.4, -0.2) is 29.7 Å². The van der Waals surface area contributed by atoms with E-state index in [1.807, 2.05) is 0 Å². The minimum Gasteiger partial charge on any atom is -0.477 e. The summed E-state index contributed by atoms with van der Waals surface area (Å²) in [5.41, 5.74) is 0.181. The molecular weight excluding hydrogens is 196 g/mol. The van der Waals surface area contributed by atoms with Gasteiger partial charge in [-0.25, -0.2) is 14.8 Å². The Balaban J connectivity index is 2.52.